The van der Waals surface area contributed by atoms with Gasteiger partial charge in [0.05, 0.1) is 5.41 Å². The Morgan fingerprint density at radius 1 is 1.00 bits per heavy atom. The van der Waals surface area contributed by atoms with Gasteiger partial charge in [-0.3, -0.25) is 9.59 Å². The van der Waals surface area contributed by atoms with Crippen molar-refractivity contribution in [1.29, 1.82) is 0 Å². The van der Waals surface area contributed by atoms with Crippen LogP contribution in [0, 0.1) is 5.41 Å². The van der Waals surface area contributed by atoms with Gasteiger partial charge in [-0.1, -0.05) is 24.3 Å². The number of carbonyl (C=O) groups excluding carboxylic acids is 2. The van der Waals surface area contributed by atoms with Crippen molar-refractivity contribution < 1.29 is 19.4 Å². The Morgan fingerprint density at radius 2 is 1.71 bits per heavy atom. The molecule has 0 aromatic heterocycles. The number of amides is 1. The number of phenols is 1. The van der Waals surface area contributed by atoms with Gasteiger partial charge >= 0.3 is 5.97 Å². The molecule has 0 heterocycles. The van der Waals surface area contributed by atoms with E-state index in [1.165, 1.54) is 23.3 Å². The van der Waals surface area contributed by atoms with Crippen LogP contribution in [0.3, 0.4) is 0 Å². The van der Waals surface area contributed by atoms with Crippen LogP contribution in [0.2, 0.25) is 0 Å². The van der Waals surface area contributed by atoms with Crippen LogP contribution in [-0.4, -0.2) is 23.5 Å². The number of fused-ring (bicyclic) bond motifs is 1. The molecule has 0 aliphatic heterocycles. The molecule has 3 aromatic carbocycles. The van der Waals surface area contributed by atoms with E-state index in [1.54, 1.807) is 12.1 Å². The van der Waals surface area contributed by atoms with E-state index in [2.05, 4.69) is 12.1 Å². The summed E-state index contributed by atoms with van der Waals surface area (Å²) in [6, 6.07) is 20.5. The fraction of sp³-hybridized carbons (Fsp3) is 0.333. The molecule has 1 unspecified atom stereocenters. The lowest BCUT2D eigenvalue weighted by Gasteiger charge is -2.30. The second-order valence-corrected chi connectivity index (χ2v) is 10.2. The number of ether oxygens (including phenoxy) is 1. The number of carbonyl (C=O) groups is 2. The topological polar surface area (TPSA) is 66.8 Å². The lowest BCUT2D eigenvalue weighted by molar-refractivity contribution is -0.143. The molecule has 0 bridgehead atoms. The molecule has 1 atom stereocenters. The predicted octanol–water partition coefficient (Wildman–Crippen LogP) is 6.28. The van der Waals surface area contributed by atoms with Gasteiger partial charge in [0.25, 0.3) is 5.91 Å². The van der Waals surface area contributed by atoms with Gasteiger partial charge in [-0.05, 0) is 112 Å². The van der Waals surface area contributed by atoms with Crippen LogP contribution in [0.15, 0.2) is 66.7 Å². The van der Waals surface area contributed by atoms with Crippen LogP contribution in [0.4, 0.5) is 5.69 Å². The van der Waals surface area contributed by atoms with Crippen LogP contribution in [0.1, 0.15) is 67.1 Å². The smallest absolute Gasteiger partial charge is 0.316 e. The summed E-state index contributed by atoms with van der Waals surface area (Å²) in [5, 5.41) is 9.59. The van der Waals surface area contributed by atoms with Crippen LogP contribution in [0.5, 0.6) is 11.5 Å². The summed E-state index contributed by atoms with van der Waals surface area (Å²) in [4.78, 5) is 27.4. The highest BCUT2D eigenvalue weighted by atomic mass is 16.5. The molecule has 35 heavy (non-hydrogen) atoms. The van der Waals surface area contributed by atoms with Crippen LogP contribution >= 0.6 is 0 Å². The molecule has 0 fully saturated rings. The van der Waals surface area contributed by atoms with Gasteiger partial charge in [-0.2, -0.15) is 0 Å². The van der Waals surface area contributed by atoms with Crippen LogP contribution in [-0.2, 0) is 17.6 Å². The van der Waals surface area contributed by atoms with Gasteiger partial charge in [0, 0.05) is 17.8 Å². The number of phenolic OH excluding ortho intramolecular Hbond substituents is 1. The number of rotatable bonds is 5. The molecule has 3 aromatic rings. The van der Waals surface area contributed by atoms with Crippen molar-refractivity contribution in [3.63, 3.8) is 0 Å². The zero-order valence-corrected chi connectivity index (χ0v) is 20.9. The van der Waals surface area contributed by atoms with Crippen molar-refractivity contribution in [2.24, 2.45) is 5.41 Å². The largest absolute Gasteiger partial charge is 0.508 e. The summed E-state index contributed by atoms with van der Waals surface area (Å²) >= 11 is 0. The second kappa shape index (κ2) is 9.95. The molecule has 0 spiro atoms. The lowest BCUT2D eigenvalue weighted by atomic mass is 9.79. The van der Waals surface area contributed by atoms with Gasteiger partial charge in [0.2, 0.25) is 0 Å². The Labute approximate surface area is 207 Å². The third-order valence-electron chi connectivity index (χ3n) is 6.57. The summed E-state index contributed by atoms with van der Waals surface area (Å²) < 4.78 is 5.60. The minimum Gasteiger partial charge on any atom is -0.508 e. The summed E-state index contributed by atoms with van der Waals surface area (Å²) in [6.07, 6.45) is 2.70. The van der Waals surface area contributed by atoms with E-state index in [4.69, 9.17) is 4.74 Å². The normalized spacial score (nSPS) is 15.3. The molecule has 4 rings (SSSR count). The Kier molecular flexibility index (Phi) is 6.97. The zero-order chi connectivity index (χ0) is 25.2. The first-order valence-electron chi connectivity index (χ1n) is 12.2. The van der Waals surface area contributed by atoms with Gasteiger partial charge in [-0.25, -0.2) is 0 Å². The van der Waals surface area contributed by atoms with Gasteiger partial charge in [0.1, 0.15) is 11.5 Å². The molecule has 1 N–H and O–H groups in total. The molecule has 5 heteroatoms. The van der Waals surface area contributed by atoms with Crippen molar-refractivity contribution in [3.8, 4) is 11.5 Å². The third kappa shape index (κ3) is 5.40. The number of aryl methyl sites for hydroxylation is 1. The Bertz CT molecular complexity index is 1220. The van der Waals surface area contributed by atoms with Crippen LogP contribution in [0.25, 0.3) is 0 Å². The van der Waals surface area contributed by atoms with E-state index < -0.39 is 5.41 Å². The Hall–Kier alpha value is -3.60. The number of hydrogen-bond acceptors (Lipinski definition) is 4. The van der Waals surface area contributed by atoms with Crippen molar-refractivity contribution in [2.75, 3.05) is 11.4 Å². The van der Waals surface area contributed by atoms with E-state index in [9.17, 15) is 14.7 Å². The first-order chi connectivity index (χ1) is 16.7. The average Bonchev–Trinajstić information content (AvgIpc) is 2.84. The predicted molar refractivity (Wildman–Crippen MR) is 138 cm³/mol. The minimum atomic E-state index is -0.548. The van der Waals surface area contributed by atoms with Gasteiger partial charge in [0.15, 0.2) is 0 Å². The molecule has 0 saturated heterocycles. The molecular formula is C30H33NO4. The summed E-state index contributed by atoms with van der Waals surface area (Å²) in [6.45, 7) is 8.07. The number of aromatic hydroxyl groups is 1. The highest BCUT2D eigenvalue weighted by molar-refractivity contribution is 6.06. The first-order valence-corrected chi connectivity index (χ1v) is 12.2. The number of benzene rings is 3. The summed E-state index contributed by atoms with van der Waals surface area (Å²) in [7, 11) is 0. The fourth-order valence-corrected chi connectivity index (χ4v) is 4.58. The minimum absolute atomic E-state index is 0.0820. The molecule has 0 radical (unpaired) electrons. The van der Waals surface area contributed by atoms with Gasteiger partial charge < -0.3 is 14.7 Å². The second-order valence-electron chi connectivity index (χ2n) is 10.2. The van der Waals surface area contributed by atoms with Crippen molar-refractivity contribution >= 4 is 17.6 Å². The highest BCUT2D eigenvalue weighted by Crippen LogP contribution is 2.39. The monoisotopic (exact) mass is 471 g/mol. The number of hydrogen-bond donors (Lipinski definition) is 1. The molecule has 5 nitrogen and oxygen atoms in total. The standard InChI is InChI=1S/C30H33NO4/c1-5-31(28(33)20-12-15-24(32)16-13-20)27-9-7-6-8-26(27)23-11-10-22-19-25(17-14-21(22)18-23)35-29(34)30(2,3)4/h6-9,12-17,19,23,32H,5,10-11,18H2,1-4H3. The maximum atomic E-state index is 13.3. The summed E-state index contributed by atoms with van der Waals surface area (Å²) in [5.41, 5.74) is 4.55. The quantitative estimate of drug-likeness (QED) is 0.351. The van der Waals surface area contributed by atoms with E-state index in [0.29, 0.717) is 17.9 Å². The van der Waals surface area contributed by atoms with Crippen LogP contribution < -0.4 is 9.64 Å². The van der Waals surface area contributed by atoms with E-state index >= 15 is 0 Å². The molecule has 1 amide bonds. The third-order valence-corrected chi connectivity index (χ3v) is 6.57. The van der Waals surface area contributed by atoms with Crippen molar-refractivity contribution in [3.05, 3.63) is 89.0 Å². The van der Waals surface area contributed by atoms with E-state index in [1.807, 2.05) is 62.9 Å². The number of para-hydroxylation sites is 1. The molecule has 1 aliphatic carbocycles. The number of anilines is 1. The van der Waals surface area contributed by atoms with Crippen molar-refractivity contribution in [1.82, 2.24) is 0 Å². The fourth-order valence-electron chi connectivity index (χ4n) is 4.58. The first kappa shape index (κ1) is 24.5. The number of esters is 1. The maximum Gasteiger partial charge on any atom is 0.316 e. The molecular weight excluding hydrogens is 438 g/mol. The SMILES string of the molecule is CCN(C(=O)c1ccc(O)cc1)c1ccccc1C1CCc2cc(OC(=O)C(C)(C)C)ccc2C1. The Balaban J connectivity index is 1.57. The molecule has 0 saturated carbocycles. The average molecular weight is 472 g/mol. The summed E-state index contributed by atoms with van der Waals surface area (Å²) in [5.74, 6) is 0.698. The zero-order valence-electron chi connectivity index (χ0n) is 20.9. The van der Waals surface area contributed by atoms with E-state index in [-0.39, 0.29) is 23.5 Å². The lowest BCUT2D eigenvalue weighted by Crippen LogP contribution is -2.32. The van der Waals surface area contributed by atoms with Crippen molar-refractivity contribution in [2.45, 2.75) is 52.9 Å². The maximum absolute atomic E-state index is 13.3. The van der Waals surface area contributed by atoms with Gasteiger partial charge in [-0.15, -0.1) is 0 Å². The Morgan fingerprint density at radius 3 is 2.40 bits per heavy atom. The number of nitrogens with zero attached hydrogens (tertiary/aromatic N) is 1. The molecule has 1 aliphatic rings. The highest BCUT2D eigenvalue weighted by Gasteiger charge is 2.27. The van der Waals surface area contributed by atoms with E-state index in [0.717, 1.165) is 30.5 Å². The molecule has 182 valence electrons.